The van der Waals surface area contributed by atoms with E-state index < -0.39 is 11.6 Å². The van der Waals surface area contributed by atoms with Crippen molar-refractivity contribution in [2.24, 2.45) is 0 Å². The first-order valence-corrected chi connectivity index (χ1v) is 6.23. The quantitative estimate of drug-likeness (QED) is 0.845. The summed E-state index contributed by atoms with van der Waals surface area (Å²) in [4.78, 5) is 1.79. The van der Waals surface area contributed by atoms with Gasteiger partial charge >= 0.3 is 0 Å². The lowest BCUT2D eigenvalue weighted by molar-refractivity contribution is 0.0458. The van der Waals surface area contributed by atoms with Crippen LogP contribution < -0.4 is 10.6 Å². The van der Waals surface area contributed by atoms with Crippen molar-refractivity contribution >= 4 is 11.4 Å². The van der Waals surface area contributed by atoms with Crippen LogP contribution in [0.25, 0.3) is 0 Å². The van der Waals surface area contributed by atoms with Crippen LogP contribution in [0, 0.1) is 11.6 Å². The van der Waals surface area contributed by atoms with Crippen molar-refractivity contribution in [3.8, 4) is 0 Å². The van der Waals surface area contributed by atoms with Crippen LogP contribution in [-0.2, 0) is 4.74 Å². The molecule has 100 valence electrons. The third-order valence-corrected chi connectivity index (χ3v) is 3.26. The zero-order valence-corrected chi connectivity index (χ0v) is 10.5. The highest BCUT2D eigenvalue weighted by molar-refractivity contribution is 5.68. The maximum Gasteiger partial charge on any atom is 0.184 e. The van der Waals surface area contributed by atoms with Crippen molar-refractivity contribution in [2.45, 2.75) is 25.9 Å². The summed E-state index contributed by atoms with van der Waals surface area (Å²) in [5.41, 5.74) is 6.20. The van der Waals surface area contributed by atoms with Crippen LogP contribution in [0.5, 0.6) is 0 Å². The fraction of sp³-hybridized carbons (Fsp3) is 0.538. The van der Waals surface area contributed by atoms with E-state index in [1.807, 2.05) is 6.92 Å². The Bertz CT molecular complexity index is 418. The van der Waals surface area contributed by atoms with Gasteiger partial charge in [0, 0.05) is 19.7 Å². The summed E-state index contributed by atoms with van der Waals surface area (Å²) in [6.07, 6.45) is 1.83. The first-order valence-electron chi connectivity index (χ1n) is 6.23. The van der Waals surface area contributed by atoms with Gasteiger partial charge in [-0.15, -0.1) is 0 Å². The van der Waals surface area contributed by atoms with E-state index in [0.717, 1.165) is 18.9 Å². The molecule has 0 unspecified atom stereocenters. The number of nitrogens with two attached hydrogens (primary N) is 1. The van der Waals surface area contributed by atoms with Crippen LogP contribution in [0.3, 0.4) is 0 Å². The first kappa shape index (κ1) is 13.1. The Labute approximate surface area is 106 Å². The average Bonchev–Trinajstić information content (AvgIpc) is 2.37. The highest BCUT2D eigenvalue weighted by Gasteiger charge is 2.24. The molecule has 1 aromatic carbocycles. The monoisotopic (exact) mass is 256 g/mol. The summed E-state index contributed by atoms with van der Waals surface area (Å²) in [7, 11) is 0. The molecule has 2 rings (SSSR count). The van der Waals surface area contributed by atoms with E-state index in [9.17, 15) is 8.78 Å². The topological polar surface area (TPSA) is 38.5 Å². The lowest BCUT2D eigenvalue weighted by Gasteiger charge is -2.34. The van der Waals surface area contributed by atoms with Crippen LogP contribution in [0.15, 0.2) is 12.1 Å². The van der Waals surface area contributed by atoms with Crippen LogP contribution in [0.4, 0.5) is 20.2 Å². The van der Waals surface area contributed by atoms with Gasteiger partial charge in [-0.05, 0) is 31.9 Å². The molecule has 0 radical (unpaired) electrons. The number of benzene rings is 1. The molecule has 18 heavy (non-hydrogen) atoms. The van der Waals surface area contributed by atoms with Gasteiger partial charge in [-0.1, -0.05) is 0 Å². The molecule has 5 heteroatoms. The normalized spacial score (nSPS) is 17.2. The zero-order valence-electron chi connectivity index (χ0n) is 10.5. The van der Waals surface area contributed by atoms with Crippen LogP contribution >= 0.6 is 0 Å². The number of ether oxygens (including phenoxy) is 1. The molecule has 2 N–H and O–H groups in total. The molecular weight excluding hydrogens is 238 g/mol. The van der Waals surface area contributed by atoms with Gasteiger partial charge in [0.15, 0.2) is 11.6 Å². The Balaban J connectivity index is 2.12. The standard InChI is InChI=1S/C13H18F2N2O/c1-2-18-9-5-7-17(8-6-9)13-11(16)4-3-10(14)12(13)15/h3-4,9H,2,5-8,16H2,1H3. The van der Waals surface area contributed by atoms with E-state index in [2.05, 4.69) is 0 Å². The second-order valence-corrected chi connectivity index (χ2v) is 4.44. The van der Waals surface area contributed by atoms with E-state index >= 15 is 0 Å². The number of hydrogen-bond acceptors (Lipinski definition) is 3. The number of nitrogen functional groups attached to an aromatic ring is 1. The highest BCUT2D eigenvalue weighted by atomic mass is 19.2. The van der Waals surface area contributed by atoms with Gasteiger partial charge in [0.25, 0.3) is 0 Å². The van der Waals surface area contributed by atoms with Gasteiger partial charge in [-0.3, -0.25) is 0 Å². The molecule has 0 atom stereocenters. The second-order valence-electron chi connectivity index (χ2n) is 4.44. The van der Waals surface area contributed by atoms with E-state index in [-0.39, 0.29) is 17.5 Å². The third-order valence-electron chi connectivity index (χ3n) is 3.26. The Morgan fingerprint density at radius 1 is 1.33 bits per heavy atom. The Hall–Kier alpha value is -1.36. The molecule has 3 nitrogen and oxygen atoms in total. The molecular formula is C13H18F2N2O. The average molecular weight is 256 g/mol. The van der Waals surface area contributed by atoms with E-state index in [4.69, 9.17) is 10.5 Å². The second kappa shape index (κ2) is 5.52. The Morgan fingerprint density at radius 2 is 2.00 bits per heavy atom. The summed E-state index contributed by atoms with van der Waals surface area (Å²) < 4.78 is 32.5. The van der Waals surface area contributed by atoms with Crippen LogP contribution in [0.2, 0.25) is 0 Å². The number of anilines is 2. The fourth-order valence-corrected chi connectivity index (χ4v) is 2.36. The van der Waals surface area contributed by atoms with Crippen LogP contribution in [0.1, 0.15) is 19.8 Å². The molecule has 1 aliphatic heterocycles. The van der Waals surface area contributed by atoms with Crippen molar-refractivity contribution in [3.05, 3.63) is 23.8 Å². The predicted octanol–water partition coefficient (Wildman–Crippen LogP) is 2.55. The largest absolute Gasteiger partial charge is 0.397 e. The predicted molar refractivity (Wildman–Crippen MR) is 67.6 cm³/mol. The SMILES string of the molecule is CCOC1CCN(c2c(N)ccc(F)c2F)CC1. The summed E-state index contributed by atoms with van der Waals surface area (Å²) in [5.74, 6) is -1.71. The molecule has 0 bridgehead atoms. The van der Waals surface area contributed by atoms with Gasteiger partial charge in [-0.2, -0.15) is 0 Å². The van der Waals surface area contributed by atoms with E-state index in [1.54, 1.807) is 4.90 Å². The summed E-state index contributed by atoms with van der Waals surface area (Å²) in [5, 5.41) is 0. The molecule has 1 fully saturated rings. The number of halogens is 2. The molecule has 1 aromatic rings. The number of piperidine rings is 1. The highest BCUT2D eigenvalue weighted by Crippen LogP contribution is 2.31. The minimum absolute atomic E-state index is 0.185. The van der Waals surface area contributed by atoms with Crippen LogP contribution in [-0.4, -0.2) is 25.8 Å². The molecule has 0 saturated carbocycles. The Morgan fingerprint density at radius 3 is 2.61 bits per heavy atom. The van der Waals surface area contributed by atoms with Gasteiger partial charge < -0.3 is 15.4 Å². The van der Waals surface area contributed by atoms with Crippen molar-refractivity contribution < 1.29 is 13.5 Å². The molecule has 0 aromatic heterocycles. The van der Waals surface area contributed by atoms with Gasteiger partial charge in [0.2, 0.25) is 0 Å². The maximum absolute atomic E-state index is 13.8. The summed E-state index contributed by atoms with van der Waals surface area (Å²) in [6.45, 7) is 3.90. The van der Waals surface area contributed by atoms with Crippen molar-refractivity contribution in [1.29, 1.82) is 0 Å². The molecule has 0 amide bonds. The van der Waals surface area contributed by atoms with Crippen molar-refractivity contribution in [1.82, 2.24) is 0 Å². The van der Waals surface area contributed by atoms with E-state index in [1.165, 1.54) is 6.07 Å². The van der Waals surface area contributed by atoms with Gasteiger partial charge in [-0.25, -0.2) is 8.78 Å². The van der Waals surface area contributed by atoms with Crippen molar-refractivity contribution in [3.63, 3.8) is 0 Å². The summed E-state index contributed by atoms with van der Waals surface area (Å²) in [6, 6.07) is 2.46. The van der Waals surface area contributed by atoms with Gasteiger partial charge in [0.05, 0.1) is 17.5 Å². The van der Waals surface area contributed by atoms with Gasteiger partial charge in [0.1, 0.15) is 0 Å². The summed E-state index contributed by atoms with van der Waals surface area (Å²) >= 11 is 0. The number of nitrogens with zero attached hydrogens (tertiary/aromatic N) is 1. The fourth-order valence-electron chi connectivity index (χ4n) is 2.36. The molecule has 1 heterocycles. The number of hydrogen-bond donors (Lipinski definition) is 1. The molecule has 0 aliphatic carbocycles. The molecule has 1 aliphatic rings. The Kier molecular flexibility index (Phi) is 4.01. The minimum Gasteiger partial charge on any atom is -0.397 e. The third kappa shape index (κ3) is 2.56. The number of rotatable bonds is 3. The molecule has 0 spiro atoms. The minimum atomic E-state index is -0.857. The van der Waals surface area contributed by atoms with Crippen molar-refractivity contribution in [2.75, 3.05) is 30.3 Å². The molecule has 1 saturated heterocycles. The van der Waals surface area contributed by atoms with E-state index in [0.29, 0.717) is 19.7 Å². The smallest absolute Gasteiger partial charge is 0.184 e. The first-order chi connectivity index (χ1) is 8.63. The maximum atomic E-state index is 13.8. The zero-order chi connectivity index (χ0) is 13.1. The lowest BCUT2D eigenvalue weighted by Crippen LogP contribution is -2.38. The lowest BCUT2D eigenvalue weighted by atomic mass is 10.1.